The predicted octanol–water partition coefficient (Wildman–Crippen LogP) is 3.69. The lowest BCUT2D eigenvalue weighted by molar-refractivity contribution is 0.0755. The SMILES string of the molecule is CCC1CNC(C)(CC)CN1Cc1ccccc1Cl. The molecule has 3 heteroatoms. The Hall–Kier alpha value is -0.570. The van der Waals surface area contributed by atoms with Gasteiger partial charge in [0.15, 0.2) is 0 Å². The van der Waals surface area contributed by atoms with Crippen molar-refractivity contribution in [2.24, 2.45) is 0 Å². The summed E-state index contributed by atoms with van der Waals surface area (Å²) in [6.07, 6.45) is 2.33. The molecule has 19 heavy (non-hydrogen) atoms. The Morgan fingerprint density at radius 3 is 2.74 bits per heavy atom. The van der Waals surface area contributed by atoms with Crippen LogP contribution in [0.15, 0.2) is 24.3 Å². The van der Waals surface area contributed by atoms with E-state index in [2.05, 4.69) is 43.1 Å². The van der Waals surface area contributed by atoms with Crippen molar-refractivity contribution in [1.29, 1.82) is 0 Å². The fourth-order valence-electron chi connectivity index (χ4n) is 2.80. The van der Waals surface area contributed by atoms with E-state index < -0.39 is 0 Å². The fourth-order valence-corrected chi connectivity index (χ4v) is 2.99. The van der Waals surface area contributed by atoms with Gasteiger partial charge in [0.05, 0.1) is 0 Å². The van der Waals surface area contributed by atoms with Crippen LogP contribution in [0.3, 0.4) is 0 Å². The lowest BCUT2D eigenvalue weighted by atomic mass is 9.92. The standard InChI is InChI=1S/C16H25ClN2/c1-4-14-10-18-16(3,5-2)12-19(14)11-13-8-6-7-9-15(13)17/h6-9,14,18H,4-5,10-12H2,1-3H3. The molecule has 1 aliphatic rings. The lowest BCUT2D eigenvalue weighted by Crippen LogP contribution is -2.62. The largest absolute Gasteiger partial charge is 0.309 e. The predicted molar refractivity (Wildman–Crippen MR) is 82.6 cm³/mol. The van der Waals surface area contributed by atoms with Crippen LogP contribution in [0, 0.1) is 0 Å². The van der Waals surface area contributed by atoms with E-state index in [1.807, 2.05) is 12.1 Å². The molecule has 1 aromatic carbocycles. The summed E-state index contributed by atoms with van der Waals surface area (Å²) in [6, 6.07) is 8.80. The van der Waals surface area contributed by atoms with Crippen molar-refractivity contribution in [3.63, 3.8) is 0 Å². The topological polar surface area (TPSA) is 15.3 Å². The van der Waals surface area contributed by atoms with Gasteiger partial charge in [0.25, 0.3) is 0 Å². The summed E-state index contributed by atoms with van der Waals surface area (Å²) in [5.74, 6) is 0. The van der Waals surface area contributed by atoms with Gasteiger partial charge in [0.2, 0.25) is 0 Å². The van der Waals surface area contributed by atoms with Crippen molar-refractivity contribution < 1.29 is 0 Å². The van der Waals surface area contributed by atoms with Gasteiger partial charge in [-0.15, -0.1) is 0 Å². The highest BCUT2D eigenvalue weighted by Crippen LogP contribution is 2.24. The number of piperazine rings is 1. The van der Waals surface area contributed by atoms with E-state index in [0.29, 0.717) is 6.04 Å². The third-order valence-corrected chi connectivity index (χ3v) is 4.78. The molecule has 1 fully saturated rings. The molecule has 0 spiro atoms. The van der Waals surface area contributed by atoms with Crippen LogP contribution in [0.25, 0.3) is 0 Å². The molecule has 0 saturated carbocycles. The zero-order valence-corrected chi connectivity index (χ0v) is 13.0. The summed E-state index contributed by atoms with van der Waals surface area (Å²) < 4.78 is 0. The maximum Gasteiger partial charge on any atom is 0.0451 e. The fraction of sp³-hybridized carbons (Fsp3) is 0.625. The Bertz CT molecular complexity index is 421. The van der Waals surface area contributed by atoms with E-state index in [1.54, 1.807) is 0 Å². The Labute approximate surface area is 122 Å². The molecule has 2 atom stereocenters. The zero-order valence-electron chi connectivity index (χ0n) is 12.2. The van der Waals surface area contributed by atoms with Crippen LogP contribution in [-0.2, 0) is 6.54 Å². The first-order valence-electron chi connectivity index (χ1n) is 7.30. The summed E-state index contributed by atoms with van der Waals surface area (Å²) >= 11 is 6.30. The van der Waals surface area contributed by atoms with E-state index in [1.165, 1.54) is 12.0 Å². The Kier molecular flexibility index (Phi) is 4.88. The molecule has 0 radical (unpaired) electrons. The van der Waals surface area contributed by atoms with Crippen LogP contribution in [0.2, 0.25) is 5.02 Å². The minimum absolute atomic E-state index is 0.229. The second-order valence-electron chi connectivity index (χ2n) is 5.85. The van der Waals surface area contributed by atoms with E-state index in [9.17, 15) is 0 Å². The summed E-state index contributed by atoms with van der Waals surface area (Å²) in [4.78, 5) is 2.58. The number of hydrogen-bond donors (Lipinski definition) is 1. The van der Waals surface area contributed by atoms with Crippen LogP contribution in [0.4, 0.5) is 0 Å². The molecular weight excluding hydrogens is 256 g/mol. The summed E-state index contributed by atoms with van der Waals surface area (Å²) in [5, 5.41) is 4.59. The molecular formula is C16H25ClN2. The molecule has 2 rings (SSSR count). The van der Waals surface area contributed by atoms with Crippen LogP contribution >= 0.6 is 11.6 Å². The number of rotatable bonds is 4. The molecule has 2 nitrogen and oxygen atoms in total. The molecule has 2 unspecified atom stereocenters. The Balaban J connectivity index is 2.13. The first-order valence-corrected chi connectivity index (χ1v) is 7.68. The summed E-state index contributed by atoms with van der Waals surface area (Å²) in [5.41, 5.74) is 1.47. The highest BCUT2D eigenvalue weighted by molar-refractivity contribution is 6.31. The number of nitrogens with one attached hydrogen (secondary N) is 1. The molecule has 106 valence electrons. The minimum atomic E-state index is 0.229. The van der Waals surface area contributed by atoms with Crippen LogP contribution in [-0.4, -0.2) is 29.6 Å². The molecule has 1 aliphatic heterocycles. The Morgan fingerprint density at radius 2 is 2.11 bits per heavy atom. The van der Waals surface area contributed by atoms with Gasteiger partial charge < -0.3 is 5.32 Å². The number of halogens is 1. The zero-order chi connectivity index (χ0) is 13.9. The third kappa shape index (κ3) is 3.50. The van der Waals surface area contributed by atoms with Gasteiger partial charge in [-0.25, -0.2) is 0 Å². The first-order chi connectivity index (χ1) is 9.08. The molecule has 0 aromatic heterocycles. The van der Waals surface area contributed by atoms with Gasteiger partial charge in [-0.3, -0.25) is 4.90 Å². The molecule has 1 N–H and O–H groups in total. The highest BCUT2D eigenvalue weighted by atomic mass is 35.5. The summed E-state index contributed by atoms with van der Waals surface area (Å²) in [6.45, 7) is 9.96. The van der Waals surface area contributed by atoms with Gasteiger partial charge in [0, 0.05) is 36.2 Å². The van der Waals surface area contributed by atoms with Gasteiger partial charge in [-0.1, -0.05) is 43.6 Å². The van der Waals surface area contributed by atoms with Crippen molar-refractivity contribution in [2.75, 3.05) is 13.1 Å². The van der Waals surface area contributed by atoms with E-state index in [4.69, 9.17) is 11.6 Å². The maximum absolute atomic E-state index is 6.30. The number of hydrogen-bond acceptors (Lipinski definition) is 2. The average Bonchev–Trinajstić information content (AvgIpc) is 2.42. The first kappa shape index (κ1) is 14.8. The van der Waals surface area contributed by atoms with Gasteiger partial charge in [-0.05, 0) is 31.4 Å². The monoisotopic (exact) mass is 280 g/mol. The second kappa shape index (κ2) is 6.25. The van der Waals surface area contributed by atoms with Crippen molar-refractivity contribution in [3.05, 3.63) is 34.9 Å². The van der Waals surface area contributed by atoms with Crippen LogP contribution < -0.4 is 5.32 Å². The summed E-state index contributed by atoms with van der Waals surface area (Å²) in [7, 11) is 0. The smallest absolute Gasteiger partial charge is 0.0451 e. The number of nitrogens with zero attached hydrogens (tertiary/aromatic N) is 1. The molecule has 1 aromatic rings. The number of benzene rings is 1. The molecule has 0 aliphatic carbocycles. The average molecular weight is 281 g/mol. The van der Waals surface area contributed by atoms with Crippen LogP contribution in [0.1, 0.15) is 39.2 Å². The van der Waals surface area contributed by atoms with E-state index in [0.717, 1.165) is 31.1 Å². The molecule has 1 heterocycles. The lowest BCUT2D eigenvalue weighted by Gasteiger charge is -2.46. The molecule has 0 bridgehead atoms. The quantitative estimate of drug-likeness (QED) is 0.905. The Morgan fingerprint density at radius 1 is 1.37 bits per heavy atom. The van der Waals surface area contributed by atoms with E-state index >= 15 is 0 Å². The van der Waals surface area contributed by atoms with Gasteiger partial charge in [-0.2, -0.15) is 0 Å². The highest BCUT2D eigenvalue weighted by Gasteiger charge is 2.33. The third-order valence-electron chi connectivity index (χ3n) is 4.42. The van der Waals surface area contributed by atoms with Gasteiger partial charge in [0.1, 0.15) is 0 Å². The van der Waals surface area contributed by atoms with E-state index in [-0.39, 0.29) is 5.54 Å². The minimum Gasteiger partial charge on any atom is -0.309 e. The van der Waals surface area contributed by atoms with Crippen molar-refractivity contribution in [2.45, 2.75) is 51.7 Å². The van der Waals surface area contributed by atoms with Crippen molar-refractivity contribution in [3.8, 4) is 0 Å². The van der Waals surface area contributed by atoms with Crippen molar-refractivity contribution in [1.82, 2.24) is 10.2 Å². The molecule has 0 amide bonds. The second-order valence-corrected chi connectivity index (χ2v) is 6.26. The van der Waals surface area contributed by atoms with Gasteiger partial charge >= 0.3 is 0 Å². The van der Waals surface area contributed by atoms with Crippen LogP contribution in [0.5, 0.6) is 0 Å². The van der Waals surface area contributed by atoms with Crippen molar-refractivity contribution >= 4 is 11.6 Å². The maximum atomic E-state index is 6.30. The normalized spacial score (nSPS) is 28.5. The molecule has 1 saturated heterocycles.